The van der Waals surface area contributed by atoms with E-state index in [4.69, 9.17) is 14.9 Å². The summed E-state index contributed by atoms with van der Waals surface area (Å²) >= 11 is 0. The van der Waals surface area contributed by atoms with Crippen LogP contribution < -0.4 is 21.0 Å². The predicted octanol–water partition coefficient (Wildman–Crippen LogP) is 2.70. The molecule has 2 aliphatic rings. The number of amides is 1. The Labute approximate surface area is 170 Å². The van der Waals surface area contributed by atoms with Crippen molar-refractivity contribution in [3.05, 3.63) is 94.2 Å². The zero-order valence-electron chi connectivity index (χ0n) is 15.7. The summed E-state index contributed by atoms with van der Waals surface area (Å²) in [6, 6.07) is 15.8. The van der Waals surface area contributed by atoms with Crippen molar-refractivity contribution < 1.29 is 13.9 Å². The monoisotopic (exact) mass is 397 g/mol. The minimum absolute atomic E-state index is 0.0454. The number of hydrogen-bond donors (Lipinski definition) is 1. The van der Waals surface area contributed by atoms with Gasteiger partial charge in [0, 0.05) is 17.8 Å². The van der Waals surface area contributed by atoms with E-state index in [9.17, 15) is 14.9 Å². The van der Waals surface area contributed by atoms with E-state index in [1.807, 2.05) is 6.07 Å². The third-order valence-electron chi connectivity index (χ3n) is 5.56. The zero-order valence-corrected chi connectivity index (χ0v) is 15.7. The molecule has 0 aliphatic carbocycles. The molecule has 1 spiro atoms. The van der Waals surface area contributed by atoms with Crippen LogP contribution in [0, 0.1) is 11.3 Å². The standard InChI is InChI=1S/C23H15N3O4/c1-2-11-26-16-9-5-4-8-14(16)23(22(26)28)15(12-24)20(25)30-19-13-7-3-6-10-17(13)29-21(27)18(19)23/h2-10H,1,11,25H2/t23-/m0/s1. The molecule has 2 aliphatic heterocycles. The molecule has 0 radical (unpaired) electrons. The molecular formula is C23H15N3O4. The molecule has 1 aromatic heterocycles. The van der Waals surface area contributed by atoms with E-state index in [-0.39, 0.29) is 29.3 Å². The maximum Gasteiger partial charge on any atom is 0.345 e. The first-order valence-corrected chi connectivity index (χ1v) is 9.22. The Hall–Kier alpha value is -4.31. The Morgan fingerprint density at radius 3 is 2.67 bits per heavy atom. The molecule has 146 valence electrons. The fourth-order valence-electron chi connectivity index (χ4n) is 4.41. The Bertz CT molecular complexity index is 1400. The van der Waals surface area contributed by atoms with Crippen LogP contribution in [0.2, 0.25) is 0 Å². The number of nitrogens with zero attached hydrogens (tertiary/aromatic N) is 2. The molecule has 1 amide bonds. The first-order chi connectivity index (χ1) is 14.6. The van der Waals surface area contributed by atoms with Crippen molar-refractivity contribution in [3.63, 3.8) is 0 Å². The lowest BCUT2D eigenvalue weighted by molar-refractivity contribution is -0.120. The second-order valence-corrected chi connectivity index (χ2v) is 7.01. The van der Waals surface area contributed by atoms with Crippen molar-refractivity contribution >= 4 is 22.6 Å². The van der Waals surface area contributed by atoms with E-state index >= 15 is 0 Å². The molecule has 0 unspecified atom stereocenters. The van der Waals surface area contributed by atoms with E-state index in [1.165, 1.54) is 4.90 Å². The number of nitrogens with two attached hydrogens (primary N) is 1. The number of para-hydroxylation sites is 2. The third-order valence-corrected chi connectivity index (χ3v) is 5.56. The number of anilines is 1. The molecular weight excluding hydrogens is 382 g/mol. The minimum atomic E-state index is -1.75. The summed E-state index contributed by atoms with van der Waals surface area (Å²) in [6.07, 6.45) is 1.58. The van der Waals surface area contributed by atoms with Gasteiger partial charge in [-0.2, -0.15) is 5.26 Å². The molecule has 2 N–H and O–H groups in total. The molecule has 0 saturated heterocycles. The fourth-order valence-corrected chi connectivity index (χ4v) is 4.41. The van der Waals surface area contributed by atoms with E-state index < -0.39 is 16.9 Å². The van der Waals surface area contributed by atoms with Crippen LogP contribution in [-0.2, 0) is 10.2 Å². The molecule has 0 bridgehead atoms. The quantitative estimate of drug-likeness (QED) is 0.526. The predicted molar refractivity (Wildman–Crippen MR) is 110 cm³/mol. The normalized spacial score (nSPS) is 19.4. The lowest BCUT2D eigenvalue weighted by Gasteiger charge is -2.33. The lowest BCUT2D eigenvalue weighted by atomic mass is 9.69. The summed E-state index contributed by atoms with van der Waals surface area (Å²) in [6.45, 7) is 3.92. The number of hydrogen-bond acceptors (Lipinski definition) is 6. The fraction of sp³-hybridized carbons (Fsp3) is 0.0870. The largest absolute Gasteiger partial charge is 0.439 e. The Kier molecular flexibility index (Phi) is 3.61. The van der Waals surface area contributed by atoms with Gasteiger partial charge in [0.05, 0.1) is 5.39 Å². The topological polar surface area (TPSA) is 110 Å². The number of benzene rings is 2. The number of ether oxygens (including phenoxy) is 1. The van der Waals surface area contributed by atoms with E-state index in [0.717, 1.165) is 0 Å². The lowest BCUT2D eigenvalue weighted by Crippen LogP contribution is -2.48. The van der Waals surface area contributed by atoms with Gasteiger partial charge in [-0.25, -0.2) is 4.79 Å². The molecule has 0 saturated carbocycles. The highest BCUT2D eigenvalue weighted by molar-refractivity contribution is 6.14. The molecule has 1 atom stereocenters. The van der Waals surface area contributed by atoms with E-state index in [1.54, 1.807) is 54.6 Å². The number of carbonyl (C=O) groups is 1. The molecule has 5 rings (SSSR count). The summed E-state index contributed by atoms with van der Waals surface area (Å²) < 4.78 is 11.3. The molecule has 2 aromatic carbocycles. The first kappa shape index (κ1) is 17.8. The van der Waals surface area contributed by atoms with Crippen molar-refractivity contribution in [2.24, 2.45) is 5.73 Å². The summed E-state index contributed by atoms with van der Waals surface area (Å²) in [4.78, 5) is 28.6. The SMILES string of the molecule is C=CCN1C(=O)[C@]2(C(C#N)=C(N)Oc3c2c(=O)oc2ccccc32)c2ccccc21. The molecule has 3 aromatic rings. The maximum atomic E-state index is 13.9. The minimum Gasteiger partial charge on any atom is -0.439 e. The van der Waals surface area contributed by atoms with Crippen LogP contribution >= 0.6 is 0 Å². The Morgan fingerprint density at radius 1 is 1.17 bits per heavy atom. The van der Waals surface area contributed by atoms with Gasteiger partial charge in [-0.3, -0.25) is 4.79 Å². The molecule has 30 heavy (non-hydrogen) atoms. The van der Waals surface area contributed by atoms with Gasteiger partial charge in [-0.05, 0) is 18.2 Å². The summed E-state index contributed by atoms with van der Waals surface area (Å²) in [5.41, 5.74) is 4.80. The van der Waals surface area contributed by atoms with Gasteiger partial charge in [-0.15, -0.1) is 6.58 Å². The molecule has 0 fully saturated rings. The van der Waals surface area contributed by atoms with Crippen molar-refractivity contribution in [2.75, 3.05) is 11.4 Å². The van der Waals surface area contributed by atoms with Crippen LogP contribution in [-0.4, -0.2) is 12.5 Å². The number of rotatable bonds is 2. The van der Waals surface area contributed by atoms with Gasteiger partial charge in [0.1, 0.15) is 22.8 Å². The molecule has 3 heterocycles. The van der Waals surface area contributed by atoms with E-state index in [0.29, 0.717) is 22.2 Å². The summed E-state index contributed by atoms with van der Waals surface area (Å²) in [5.74, 6) is -0.568. The van der Waals surface area contributed by atoms with Gasteiger partial charge >= 0.3 is 5.63 Å². The third kappa shape index (κ3) is 1.97. The second-order valence-electron chi connectivity index (χ2n) is 7.01. The second kappa shape index (κ2) is 6.09. The highest BCUT2D eigenvalue weighted by Gasteiger charge is 2.61. The number of carbonyl (C=O) groups excluding carboxylic acids is 1. The van der Waals surface area contributed by atoms with Crippen LogP contribution in [0.4, 0.5) is 5.69 Å². The van der Waals surface area contributed by atoms with Gasteiger partial charge < -0.3 is 19.8 Å². The van der Waals surface area contributed by atoms with Gasteiger partial charge in [0.25, 0.3) is 0 Å². The van der Waals surface area contributed by atoms with Crippen molar-refractivity contribution in [2.45, 2.75) is 5.41 Å². The average molecular weight is 397 g/mol. The van der Waals surface area contributed by atoms with Crippen LogP contribution in [0.3, 0.4) is 0 Å². The average Bonchev–Trinajstić information content (AvgIpc) is 2.98. The molecule has 7 heteroatoms. The van der Waals surface area contributed by atoms with Crippen LogP contribution in [0.15, 0.2) is 81.9 Å². The highest BCUT2D eigenvalue weighted by Crippen LogP contribution is 2.55. The van der Waals surface area contributed by atoms with Crippen molar-refractivity contribution in [1.29, 1.82) is 5.26 Å². The zero-order chi connectivity index (χ0) is 21.0. The van der Waals surface area contributed by atoms with Gasteiger partial charge in [0.15, 0.2) is 11.2 Å². The Balaban J connectivity index is 2.00. The Morgan fingerprint density at radius 2 is 1.90 bits per heavy atom. The van der Waals surface area contributed by atoms with Crippen molar-refractivity contribution in [3.8, 4) is 11.8 Å². The number of fused-ring (bicyclic) bond motifs is 6. The smallest absolute Gasteiger partial charge is 0.345 e. The summed E-state index contributed by atoms with van der Waals surface area (Å²) in [5, 5.41) is 10.5. The van der Waals surface area contributed by atoms with E-state index in [2.05, 4.69) is 6.58 Å². The van der Waals surface area contributed by atoms with Crippen LogP contribution in [0.5, 0.6) is 5.75 Å². The molecule has 7 nitrogen and oxygen atoms in total. The van der Waals surface area contributed by atoms with Gasteiger partial charge in [-0.1, -0.05) is 36.4 Å². The highest BCUT2D eigenvalue weighted by atomic mass is 16.5. The summed E-state index contributed by atoms with van der Waals surface area (Å²) in [7, 11) is 0. The number of nitriles is 1. The van der Waals surface area contributed by atoms with Gasteiger partial charge in [0.2, 0.25) is 11.8 Å². The van der Waals surface area contributed by atoms with Crippen molar-refractivity contribution in [1.82, 2.24) is 0 Å². The van der Waals surface area contributed by atoms with Crippen LogP contribution in [0.25, 0.3) is 11.0 Å². The maximum absolute atomic E-state index is 13.9. The first-order valence-electron chi connectivity index (χ1n) is 9.22. The van der Waals surface area contributed by atoms with Crippen LogP contribution in [0.1, 0.15) is 11.1 Å².